The summed E-state index contributed by atoms with van der Waals surface area (Å²) < 4.78 is 24.2. The lowest BCUT2D eigenvalue weighted by atomic mass is 9.94. The highest BCUT2D eigenvalue weighted by molar-refractivity contribution is 5.80. The second-order valence-electron chi connectivity index (χ2n) is 5.42. The van der Waals surface area contributed by atoms with Crippen molar-refractivity contribution in [1.82, 2.24) is 5.32 Å². The predicted molar refractivity (Wildman–Crippen MR) is 79.9 cm³/mol. The molecular weight excluding hydrogens is 273 g/mol. The topological polar surface area (TPSA) is 47.6 Å². The van der Waals surface area contributed by atoms with Crippen molar-refractivity contribution in [3.05, 3.63) is 29.6 Å². The van der Waals surface area contributed by atoms with Crippen molar-refractivity contribution in [2.45, 2.75) is 45.8 Å². The number of benzene rings is 1. The molecule has 1 aromatic carbocycles. The van der Waals surface area contributed by atoms with Crippen LogP contribution in [0, 0.1) is 12.7 Å². The largest absolute Gasteiger partial charge is 0.488 e. The highest BCUT2D eigenvalue weighted by Crippen LogP contribution is 2.23. The molecule has 0 amide bonds. The Kier molecular flexibility index (Phi) is 6.15. The van der Waals surface area contributed by atoms with E-state index in [0.717, 1.165) is 5.56 Å². The summed E-state index contributed by atoms with van der Waals surface area (Å²) in [7, 11) is 1.35. The minimum atomic E-state index is -0.858. The Hall–Kier alpha value is -1.62. The molecule has 21 heavy (non-hydrogen) atoms. The van der Waals surface area contributed by atoms with Crippen LogP contribution in [-0.2, 0) is 9.53 Å². The minimum absolute atomic E-state index is 0.200. The maximum atomic E-state index is 13.7. The molecule has 1 rings (SSSR count). The van der Waals surface area contributed by atoms with E-state index in [0.29, 0.717) is 13.0 Å². The molecule has 0 saturated heterocycles. The van der Waals surface area contributed by atoms with Crippen LogP contribution in [0.15, 0.2) is 18.2 Å². The van der Waals surface area contributed by atoms with Gasteiger partial charge in [-0.05, 0) is 45.0 Å². The lowest BCUT2D eigenvalue weighted by molar-refractivity contribution is -0.149. The number of ether oxygens (including phenoxy) is 2. The van der Waals surface area contributed by atoms with E-state index in [-0.39, 0.29) is 17.8 Å². The number of aryl methyl sites for hydroxylation is 1. The van der Waals surface area contributed by atoms with E-state index in [1.807, 2.05) is 13.8 Å². The Labute approximate surface area is 125 Å². The fourth-order valence-corrected chi connectivity index (χ4v) is 2.38. The van der Waals surface area contributed by atoms with E-state index in [1.165, 1.54) is 13.2 Å². The summed E-state index contributed by atoms with van der Waals surface area (Å²) in [6, 6.07) is 4.71. The van der Waals surface area contributed by atoms with Crippen molar-refractivity contribution in [3.63, 3.8) is 0 Å². The van der Waals surface area contributed by atoms with Gasteiger partial charge in [0.25, 0.3) is 0 Å². The summed E-state index contributed by atoms with van der Waals surface area (Å²) in [6.07, 6.45) is 0.0328. The number of carbonyl (C=O) groups excluding carboxylic acids is 1. The Morgan fingerprint density at radius 1 is 1.48 bits per heavy atom. The van der Waals surface area contributed by atoms with Gasteiger partial charge in [-0.3, -0.25) is 4.79 Å². The molecule has 0 aliphatic carbocycles. The molecule has 1 aromatic rings. The van der Waals surface area contributed by atoms with Crippen molar-refractivity contribution in [3.8, 4) is 5.75 Å². The Morgan fingerprint density at radius 2 is 2.14 bits per heavy atom. The molecule has 2 atom stereocenters. The maximum Gasteiger partial charge on any atom is 0.325 e. The van der Waals surface area contributed by atoms with Gasteiger partial charge in [-0.1, -0.05) is 13.0 Å². The van der Waals surface area contributed by atoms with E-state index in [9.17, 15) is 9.18 Å². The number of methoxy groups -OCH3 is 1. The van der Waals surface area contributed by atoms with Gasteiger partial charge < -0.3 is 14.8 Å². The van der Waals surface area contributed by atoms with Gasteiger partial charge in [-0.15, -0.1) is 0 Å². The molecule has 0 aromatic heterocycles. The summed E-state index contributed by atoms with van der Waals surface area (Å²) in [6.45, 7) is 7.97. The lowest BCUT2D eigenvalue weighted by Gasteiger charge is -2.30. The summed E-state index contributed by atoms with van der Waals surface area (Å²) in [5, 5.41) is 3.10. The van der Waals surface area contributed by atoms with E-state index < -0.39 is 11.4 Å². The second-order valence-corrected chi connectivity index (χ2v) is 5.42. The first-order valence-corrected chi connectivity index (χ1v) is 7.08. The fourth-order valence-electron chi connectivity index (χ4n) is 2.38. The van der Waals surface area contributed by atoms with E-state index in [1.54, 1.807) is 26.0 Å². The van der Waals surface area contributed by atoms with Gasteiger partial charge in [0.15, 0.2) is 11.6 Å². The van der Waals surface area contributed by atoms with Crippen LogP contribution in [0.1, 0.15) is 32.8 Å². The molecule has 0 radical (unpaired) electrons. The molecule has 2 unspecified atom stereocenters. The van der Waals surface area contributed by atoms with Crippen molar-refractivity contribution in [1.29, 1.82) is 0 Å². The van der Waals surface area contributed by atoms with Crippen molar-refractivity contribution < 1.29 is 18.7 Å². The molecule has 0 fully saturated rings. The molecule has 0 spiro atoms. The number of rotatable bonds is 7. The molecule has 0 aliphatic rings. The molecule has 1 N–H and O–H groups in total. The van der Waals surface area contributed by atoms with Gasteiger partial charge in [0, 0.05) is 6.42 Å². The first-order valence-electron chi connectivity index (χ1n) is 7.08. The number of nitrogens with one attached hydrogen (secondary N) is 1. The number of halogens is 1. The highest BCUT2D eigenvalue weighted by atomic mass is 19.1. The van der Waals surface area contributed by atoms with Gasteiger partial charge in [0.1, 0.15) is 5.54 Å². The second kappa shape index (κ2) is 7.41. The Morgan fingerprint density at radius 3 is 2.71 bits per heavy atom. The number of esters is 1. The summed E-state index contributed by atoms with van der Waals surface area (Å²) in [5.41, 5.74) is 0.0597. The van der Waals surface area contributed by atoms with Gasteiger partial charge in [-0.2, -0.15) is 0 Å². The van der Waals surface area contributed by atoms with Gasteiger partial charge in [-0.25, -0.2) is 4.39 Å². The van der Waals surface area contributed by atoms with Crippen LogP contribution in [0.5, 0.6) is 5.75 Å². The molecule has 0 bridgehead atoms. The molecule has 118 valence electrons. The smallest absolute Gasteiger partial charge is 0.325 e. The van der Waals surface area contributed by atoms with Crippen molar-refractivity contribution in [2.24, 2.45) is 0 Å². The third kappa shape index (κ3) is 4.70. The van der Waals surface area contributed by atoms with E-state index in [2.05, 4.69) is 5.32 Å². The molecule has 5 heteroatoms. The van der Waals surface area contributed by atoms with Gasteiger partial charge >= 0.3 is 5.97 Å². The summed E-state index contributed by atoms with van der Waals surface area (Å²) >= 11 is 0. The quantitative estimate of drug-likeness (QED) is 0.786. The van der Waals surface area contributed by atoms with E-state index >= 15 is 0 Å². The normalized spacial score (nSPS) is 15.1. The zero-order valence-electron chi connectivity index (χ0n) is 13.3. The first kappa shape index (κ1) is 17.4. The van der Waals surface area contributed by atoms with Crippen LogP contribution in [0.25, 0.3) is 0 Å². The Bertz CT molecular complexity index is 492. The van der Waals surface area contributed by atoms with Crippen molar-refractivity contribution in [2.75, 3.05) is 13.7 Å². The third-order valence-electron chi connectivity index (χ3n) is 3.31. The zero-order chi connectivity index (χ0) is 16.0. The molecule has 4 nitrogen and oxygen atoms in total. The molecule has 0 aliphatic heterocycles. The van der Waals surface area contributed by atoms with Crippen LogP contribution in [0.4, 0.5) is 4.39 Å². The maximum absolute atomic E-state index is 13.7. The van der Waals surface area contributed by atoms with Crippen LogP contribution < -0.4 is 10.1 Å². The standard InChI is InChI=1S/C16H24FNO3/c1-6-18-16(4,15(19)20-5)10-12(3)21-14-9-11(2)7-8-13(14)17/h7-9,12,18H,6,10H2,1-5H3. The first-order chi connectivity index (χ1) is 9.82. The average Bonchev–Trinajstić information content (AvgIpc) is 2.42. The molecule has 0 saturated carbocycles. The number of likely N-dealkylation sites (N-methyl/N-ethyl adjacent to an activating group) is 1. The number of hydrogen-bond donors (Lipinski definition) is 1. The average molecular weight is 297 g/mol. The fraction of sp³-hybridized carbons (Fsp3) is 0.562. The van der Waals surface area contributed by atoms with Crippen LogP contribution in [0.3, 0.4) is 0 Å². The van der Waals surface area contributed by atoms with Crippen LogP contribution in [0.2, 0.25) is 0 Å². The van der Waals surface area contributed by atoms with Crippen LogP contribution >= 0.6 is 0 Å². The van der Waals surface area contributed by atoms with Gasteiger partial charge in [0.05, 0.1) is 13.2 Å². The third-order valence-corrected chi connectivity index (χ3v) is 3.31. The number of carbonyl (C=O) groups is 1. The monoisotopic (exact) mass is 297 g/mol. The summed E-state index contributed by atoms with van der Waals surface area (Å²) in [5.74, 6) is -0.564. The SMILES string of the molecule is CCNC(C)(CC(C)Oc1cc(C)ccc1F)C(=O)OC. The minimum Gasteiger partial charge on any atom is -0.488 e. The van der Waals surface area contributed by atoms with Crippen molar-refractivity contribution >= 4 is 5.97 Å². The van der Waals surface area contributed by atoms with Crippen LogP contribution in [-0.4, -0.2) is 31.3 Å². The van der Waals surface area contributed by atoms with E-state index in [4.69, 9.17) is 9.47 Å². The van der Waals surface area contributed by atoms with Gasteiger partial charge in [0.2, 0.25) is 0 Å². The predicted octanol–water partition coefficient (Wildman–Crippen LogP) is 2.83. The Balaban J connectivity index is 2.80. The molecule has 0 heterocycles. The lowest BCUT2D eigenvalue weighted by Crippen LogP contribution is -2.52. The zero-order valence-corrected chi connectivity index (χ0v) is 13.3. The highest BCUT2D eigenvalue weighted by Gasteiger charge is 2.35. The number of hydrogen-bond acceptors (Lipinski definition) is 4. The summed E-state index contributed by atoms with van der Waals surface area (Å²) in [4.78, 5) is 11.9. The molecular formula is C16H24FNO3.